The molecule has 0 radical (unpaired) electrons. The van der Waals surface area contributed by atoms with Gasteiger partial charge in [0, 0.05) is 47.0 Å². The maximum atomic E-state index is 13.0. The van der Waals surface area contributed by atoms with E-state index < -0.39 is 18.0 Å². The van der Waals surface area contributed by atoms with E-state index in [2.05, 4.69) is 38.1 Å². The number of benzene rings is 4. The fourth-order valence-electron chi connectivity index (χ4n) is 5.29. The van der Waals surface area contributed by atoms with Crippen LogP contribution in [-0.4, -0.2) is 36.2 Å². The highest BCUT2D eigenvalue weighted by Gasteiger charge is 2.38. The molecule has 0 aliphatic carbocycles. The predicted molar refractivity (Wildman–Crippen MR) is 173 cm³/mol. The molecule has 1 fully saturated rings. The van der Waals surface area contributed by atoms with Gasteiger partial charge in [-0.15, -0.1) is 11.6 Å². The Labute approximate surface area is 267 Å². The van der Waals surface area contributed by atoms with Crippen LogP contribution in [0.15, 0.2) is 103 Å². The van der Waals surface area contributed by atoms with Crippen molar-refractivity contribution in [3.8, 4) is 11.5 Å². The van der Waals surface area contributed by atoms with E-state index in [1.165, 1.54) is 11.1 Å². The van der Waals surface area contributed by atoms with Gasteiger partial charge in [-0.2, -0.15) is 0 Å². The summed E-state index contributed by atoms with van der Waals surface area (Å²) in [5.74, 6) is -0.402. The molecule has 0 bridgehead atoms. The van der Waals surface area contributed by atoms with Crippen molar-refractivity contribution in [2.45, 2.75) is 38.2 Å². The van der Waals surface area contributed by atoms with Gasteiger partial charge in [0.1, 0.15) is 11.5 Å². The van der Waals surface area contributed by atoms with Gasteiger partial charge in [0.2, 0.25) is 11.7 Å². The minimum atomic E-state index is -1.04. The monoisotopic (exact) mass is 629 g/mol. The molecule has 1 amide bonds. The lowest BCUT2D eigenvalue weighted by atomic mass is 9.78. The highest BCUT2D eigenvalue weighted by atomic mass is 35.5. The minimum absolute atomic E-state index is 0.00844. The highest BCUT2D eigenvalue weighted by molar-refractivity contribution is 6.30. The minimum Gasteiger partial charge on any atom is -0.457 e. The van der Waals surface area contributed by atoms with Crippen molar-refractivity contribution >= 4 is 46.5 Å². The zero-order valence-corrected chi connectivity index (χ0v) is 26.1. The van der Waals surface area contributed by atoms with Gasteiger partial charge < -0.3 is 14.4 Å². The Morgan fingerprint density at radius 2 is 1.45 bits per heavy atom. The first-order chi connectivity index (χ1) is 21.2. The van der Waals surface area contributed by atoms with Crippen LogP contribution in [0, 0.1) is 5.92 Å². The van der Waals surface area contributed by atoms with Gasteiger partial charge in [0.15, 0.2) is 6.10 Å². The van der Waals surface area contributed by atoms with E-state index in [-0.39, 0.29) is 42.4 Å². The molecule has 44 heavy (non-hydrogen) atoms. The third kappa shape index (κ3) is 7.15. The molecular weight excluding hydrogens is 597 g/mol. The summed E-state index contributed by atoms with van der Waals surface area (Å²) in [5.41, 5.74) is 3.28. The Balaban J connectivity index is 1.19. The first-order valence-corrected chi connectivity index (χ1v) is 15.4. The quantitative estimate of drug-likeness (QED) is 0.0949. The Kier molecular flexibility index (Phi) is 9.72. The van der Waals surface area contributed by atoms with Gasteiger partial charge in [0.05, 0.1) is 5.92 Å². The third-order valence-corrected chi connectivity index (χ3v) is 8.44. The van der Waals surface area contributed by atoms with E-state index >= 15 is 0 Å². The van der Waals surface area contributed by atoms with Crippen molar-refractivity contribution in [2.75, 3.05) is 17.3 Å². The summed E-state index contributed by atoms with van der Waals surface area (Å²) in [5, 5.41) is 0.494. The summed E-state index contributed by atoms with van der Waals surface area (Å²) in [6.45, 7) is 4.54. The molecule has 4 aromatic rings. The van der Waals surface area contributed by atoms with Gasteiger partial charge in [-0.05, 0) is 71.8 Å². The Morgan fingerprint density at radius 1 is 0.864 bits per heavy atom. The van der Waals surface area contributed by atoms with Crippen molar-refractivity contribution in [3.63, 3.8) is 0 Å². The molecule has 0 saturated carbocycles. The largest absolute Gasteiger partial charge is 0.457 e. The SMILES string of the molecule is CC(C)(c1ccccc1)c1ccc(Oc2ccc(N3C[C@H](C(=O)O[C@@H](CCCl)C(=O)c4ccc(Cl)cc4)CC3=O)cc2)cc1. The molecule has 0 spiro atoms. The number of ether oxygens (including phenoxy) is 2. The summed E-state index contributed by atoms with van der Waals surface area (Å²) in [6.07, 6.45) is -0.889. The summed E-state index contributed by atoms with van der Waals surface area (Å²) >= 11 is 11.8. The topological polar surface area (TPSA) is 72.9 Å². The van der Waals surface area contributed by atoms with Crippen LogP contribution in [0.25, 0.3) is 0 Å². The number of rotatable bonds is 11. The number of halogens is 2. The number of amides is 1. The van der Waals surface area contributed by atoms with Crippen LogP contribution in [0.2, 0.25) is 5.02 Å². The predicted octanol–water partition coefficient (Wildman–Crippen LogP) is 8.23. The number of alkyl halides is 1. The molecule has 8 heteroatoms. The van der Waals surface area contributed by atoms with Crippen LogP contribution in [0.5, 0.6) is 11.5 Å². The van der Waals surface area contributed by atoms with Gasteiger partial charge in [-0.1, -0.05) is 67.9 Å². The number of carbonyl (C=O) groups is 3. The van der Waals surface area contributed by atoms with Crippen molar-refractivity contribution in [2.24, 2.45) is 5.92 Å². The van der Waals surface area contributed by atoms with Crippen LogP contribution in [0.4, 0.5) is 5.69 Å². The number of esters is 1. The van der Waals surface area contributed by atoms with E-state index in [4.69, 9.17) is 32.7 Å². The number of carbonyl (C=O) groups excluding carboxylic acids is 3. The van der Waals surface area contributed by atoms with E-state index in [1.54, 1.807) is 53.4 Å². The van der Waals surface area contributed by atoms with Gasteiger partial charge >= 0.3 is 5.97 Å². The van der Waals surface area contributed by atoms with Crippen LogP contribution < -0.4 is 9.64 Å². The second-order valence-corrected chi connectivity index (χ2v) is 12.1. The maximum Gasteiger partial charge on any atom is 0.312 e. The Bertz CT molecular complexity index is 1600. The summed E-state index contributed by atoms with van der Waals surface area (Å²) in [7, 11) is 0. The Morgan fingerprint density at radius 3 is 2.07 bits per heavy atom. The lowest BCUT2D eigenvalue weighted by molar-refractivity contribution is -0.151. The molecule has 6 nitrogen and oxygen atoms in total. The molecule has 0 unspecified atom stereocenters. The fraction of sp³-hybridized carbons (Fsp3) is 0.250. The van der Waals surface area contributed by atoms with Gasteiger partial charge in [-0.3, -0.25) is 14.4 Å². The van der Waals surface area contributed by atoms with Crippen molar-refractivity contribution in [3.05, 3.63) is 125 Å². The van der Waals surface area contributed by atoms with E-state index in [1.807, 2.05) is 30.3 Å². The molecule has 1 heterocycles. The summed E-state index contributed by atoms with van der Waals surface area (Å²) in [4.78, 5) is 40.4. The zero-order chi connectivity index (χ0) is 31.3. The smallest absolute Gasteiger partial charge is 0.312 e. The van der Waals surface area contributed by atoms with Crippen LogP contribution in [-0.2, 0) is 19.7 Å². The number of anilines is 1. The number of hydrogen-bond acceptors (Lipinski definition) is 5. The molecule has 2 atom stereocenters. The zero-order valence-electron chi connectivity index (χ0n) is 24.5. The molecule has 1 aliphatic heterocycles. The maximum absolute atomic E-state index is 13.0. The summed E-state index contributed by atoms with van der Waals surface area (Å²) < 4.78 is 11.6. The normalized spacial score (nSPS) is 15.6. The third-order valence-electron chi connectivity index (χ3n) is 7.96. The fourth-order valence-corrected chi connectivity index (χ4v) is 5.61. The molecule has 1 saturated heterocycles. The molecule has 4 aromatic carbocycles. The summed E-state index contributed by atoms with van der Waals surface area (Å²) in [6, 6.07) is 31.9. The first kappa shape index (κ1) is 31.3. The first-order valence-electron chi connectivity index (χ1n) is 14.5. The molecule has 1 aliphatic rings. The second-order valence-electron chi connectivity index (χ2n) is 11.3. The number of hydrogen-bond donors (Lipinski definition) is 0. The standard InChI is InChI=1S/C36H33Cl2NO5/c1-36(2,26-6-4-3-5-7-26)27-10-16-30(17-11-27)43-31-18-14-29(15-19-31)39-23-25(22-33(39)40)35(42)44-32(20-21-37)34(41)24-8-12-28(38)13-9-24/h3-19,25,32H,20-23H2,1-2H3/t25-,32+/m1/s1. The lowest BCUT2D eigenvalue weighted by Gasteiger charge is -2.26. The van der Waals surface area contributed by atoms with E-state index in [9.17, 15) is 14.4 Å². The van der Waals surface area contributed by atoms with E-state index in [0.717, 1.165) is 0 Å². The molecule has 5 rings (SSSR count). The molecule has 226 valence electrons. The number of ketones is 1. The average Bonchev–Trinajstić information content (AvgIpc) is 3.43. The van der Waals surface area contributed by atoms with Crippen molar-refractivity contribution in [1.82, 2.24) is 0 Å². The van der Waals surface area contributed by atoms with E-state index in [0.29, 0.717) is 27.8 Å². The van der Waals surface area contributed by atoms with Crippen LogP contribution >= 0.6 is 23.2 Å². The van der Waals surface area contributed by atoms with Crippen molar-refractivity contribution in [1.29, 1.82) is 0 Å². The van der Waals surface area contributed by atoms with Gasteiger partial charge in [0.25, 0.3) is 0 Å². The lowest BCUT2D eigenvalue weighted by Crippen LogP contribution is -2.32. The average molecular weight is 631 g/mol. The molecular formula is C36H33Cl2NO5. The van der Waals surface area contributed by atoms with Crippen LogP contribution in [0.1, 0.15) is 48.2 Å². The van der Waals surface area contributed by atoms with Crippen molar-refractivity contribution < 1.29 is 23.9 Å². The van der Waals surface area contributed by atoms with Crippen LogP contribution in [0.3, 0.4) is 0 Å². The highest BCUT2D eigenvalue weighted by Crippen LogP contribution is 2.34. The molecule has 0 N–H and O–H groups in total. The molecule has 0 aromatic heterocycles. The Hall–Kier alpha value is -4.13. The number of Topliss-reactive ketones (excluding diaryl/α,β-unsaturated/α-hetero) is 1. The second kappa shape index (κ2) is 13.7. The number of nitrogens with zero attached hydrogens (tertiary/aromatic N) is 1. The van der Waals surface area contributed by atoms with Gasteiger partial charge in [-0.25, -0.2) is 0 Å².